The Hall–Kier alpha value is -1.79. The molecule has 11 nitrogen and oxygen atoms in total. The highest BCUT2D eigenvalue weighted by molar-refractivity contribution is 5.75. The van der Waals surface area contributed by atoms with Crippen LogP contribution in [0.4, 0.5) is 0 Å². The van der Waals surface area contributed by atoms with Crippen LogP contribution < -0.4 is 5.32 Å². The number of carbonyl (C=O) groups excluding carboxylic acids is 3. The van der Waals surface area contributed by atoms with Gasteiger partial charge in [-0.15, -0.1) is 0 Å². The van der Waals surface area contributed by atoms with Gasteiger partial charge < -0.3 is 39.6 Å². The number of ether oxygens (including phenoxy) is 4. The van der Waals surface area contributed by atoms with Gasteiger partial charge in [-0.2, -0.15) is 0 Å². The summed E-state index contributed by atoms with van der Waals surface area (Å²) >= 11 is 0. The Bertz CT molecular complexity index is 1140. The largest absolute Gasteiger partial charge is 0.462 e. The van der Waals surface area contributed by atoms with Gasteiger partial charge in [0.15, 0.2) is 12.4 Å². The molecule has 0 bridgehead atoms. The third-order valence-corrected chi connectivity index (χ3v) is 13.8. The molecule has 402 valence electrons. The number of hydrogen-bond donors (Lipinski definition) is 4. The zero-order valence-electron chi connectivity index (χ0n) is 44.5. The number of aliphatic hydroxyl groups is 3. The molecular weight excluding hydrogens is 859 g/mol. The van der Waals surface area contributed by atoms with Crippen LogP contribution in [0.3, 0.4) is 0 Å². The van der Waals surface area contributed by atoms with Gasteiger partial charge >= 0.3 is 11.9 Å². The van der Waals surface area contributed by atoms with Crippen LogP contribution >= 0.6 is 0 Å². The zero-order chi connectivity index (χ0) is 49.6. The van der Waals surface area contributed by atoms with Gasteiger partial charge in [-0.1, -0.05) is 252 Å². The van der Waals surface area contributed by atoms with Crippen molar-refractivity contribution in [2.24, 2.45) is 0 Å². The van der Waals surface area contributed by atoms with Crippen molar-refractivity contribution in [2.75, 3.05) is 19.8 Å². The molecule has 0 radical (unpaired) electrons. The average molecular weight is 968 g/mol. The Morgan fingerprint density at radius 1 is 0.426 bits per heavy atom. The number of amides is 1. The molecule has 6 atom stereocenters. The lowest BCUT2D eigenvalue weighted by Gasteiger charge is -2.40. The molecule has 0 aromatic rings. The monoisotopic (exact) mass is 968 g/mol. The van der Waals surface area contributed by atoms with Crippen LogP contribution in [0.1, 0.15) is 290 Å². The van der Waals surface area contributed by atoms with Crippen molar-refractivity contribution in [1.82, 2.24) is 5.32 Å². The molecule has 1 saturated heterocycles. The van der Waals surface area contributed by atoms with E-state index in [1.54, 1.807) is 0 Å². The minimum atomic E-state index is -1.59. The number of unbranched alkanes of at least 4 members (excludes halogenated alkanes) is 36. The molecule has 5 unspecified atom stereocenters. The molecule has 0 aliphatic carbocycles. The topological polar surface area (TPSA) is 161 Å². The summed E-state index contributed by atoms with van der Waals surface area (Å²) in [5.74, 6) is -0.954. The highest BCUT2D eigenvalue weighted by Crippen LogP contribution is 2.23. The molecule has 1 aliphatic rings. The van der Waals surface area contributed by atoms with Crippen LogP contribution in [0.5, 0.6) is 0 Å². The lowest BCUT2D eigenvalue weighted by Crippen LogP contribution is -2.60. The normalized spacial score (nSPS) is 18.7. The first kappa shape index (κ1) is 64.2. The van der Waals surface area contributed by atoms with Crippen molar-refractivity contribution in [1.29, 1.82) is 0 Å². The highest BCUT2D eigenvalue weighted by atomic mass is 16.7. The molecule has 1 heterocycles. The molecular formula is C57H109NO10. The fourth-order valence-corrected chi connectivity index (χ4v) is 9.22. The first-order chi connectivity index (χ1) is 33.2. The molecule has 68 heavy (non-hydrogen) atoms. The van der Waals surface area contributed by atoms with Crippen molar-refractivity contribution in [2.45, 2.75) is 327 Å². The number of esters is 2. The Labute approximate surface area is 417 Å². The van der Waals surface area contributed by atoms with Gasteiger partial charge in [0.05, 0.1) is 6.61 Å². The number of nitrogens with one attached hydrogen (secondary N) is 1. The number of aliphatic hydroxyl groups excluding tert-OH is 3. The van der Waals surface area contributed by atoms with E-state index >= 15 is 0 Å². The van der Waals surface area contributed by atoms with Gasteiger partial charge in [-0.3, -0.25) is 14.4 Å². The number of hydrogen-bond acceptors (Lipinski definition) is 10. The smallest absolute Gasteiger partial charge is 0.306 e. The maximum atomic E-state index is 13.0. The molecule has 1 aliphatic heterocycles. The van der Waals surface area contributed by atoms with E-state index in [2.05, 4.69) is 26.1 Å². The van der Waals surface area contributed by atoms with E-state index in [1.165, 1.54) is 186 Å². The van der Waals surface area contributed by atoms with E-state index in [1.807, 2.05) is 0 Å². The molecule has 1 amide bonds. The van der Waals surface area contributed by atoms with Crippen molar-refractivity contribution in [3.63, 3.8) is 0 Å². The van der Waals surface area contributed by atoms with Crippen LogP contribution in [0.2, 0.25) is 0 Å². The van der Waals surface area contributed by atoms with Crippen LogP contribution in [0.25, 0.3) is 0 Å². The Balaban J connectivity index is 2.52. The summed E-state index contributed by atoms with van der Waals surface area (Å²) in [4.78, 5) is 38.5. The lowest BCUT2D eigenvalue weighted by atomic mass is 9.98. The van der Waals surface area contributed by atoms with Gasteiger partial charge in [0, 0.05) is 25.8 Å². The van der Waals surface area contributed by atoms with Crippen LogP contribution in [-0.2, 0) is 33.3 Å². The van der Waals surface area contributed by atoms with Crippen LogP contribution in [0.15, 0.2) is 0 Å². The van der Waals surface area contributed by atoms with Gasteiger partial charge in [-0.05, 0) is 19.3 Å². The van der Waals surface area contributed by atoms with Crippen molar-refractivity contribution < 1.29 is 48.7 Å². The van der Waals surface area contributed by atoms with Gasteiger partial charge in [0.2, 0.25) is 5.91 Å². The van der Waals surface area contributed by atoms with E-state index in [-0.39, 0.29) is 44.5 Å². The minimum Gasteiger partial charge on any atom is -0.462 e. The summed E-state index contributed by atoms with van der Waals surface area (Å²) < 4.78 is 23.1. The average Bonchev–Trinajstić information content (AvgIpc) is 3.33. The molecule has 0 spiro atoms. The third kappa shape index (κ3) is 38.0. The second-order valence-electron chi connectivity index (χ2n) is 20.4. The summed E-state index contributed by atoms with van der Waals surface area (Å²) in [6.07, 6.45) is 40.2. The second-order valence-corrected chi connectivity index (χ2v) is 20.4. The zero-order valence-corrected chi connectivity index (χ0v) is 44.5. The summed E-state index contributed by atoms with van der Waals surface area (Å²) in [7, 11) is 0. The van der Waals surface area contributed by atoms with Gasteiger partial charge in [0.25, 0.3) is 0 Å². The summed E-state index contributed by atoms with van der Waals surface area (Å²) in [5, 5.41) is 35.0. The fourth-order valence-electron chi connectivity index (χ4n) is 9.22. The van der Waals surface area contributed by atoms with Crippen molar-refractivity contribution in [3.8, 4) is 0 Å². The minimum absolute atomic E-state index is 0.0730. The molecule has 1 rings (SSSR count). The quantitative estimate of drug-likeness (QED) is 0.0341. The predicted molar refractivity (Wildman–Crippen MR) is 277 cm³/mol. The van der Waals surface area contributed by atoms with E-state index < -0.39 is 42.8 Å². The number of carbonyl (C=O) groups is 3. The molecule has 4 N–H and O–H groups in total. The standard InChI is InChI=1S/C57H109NO10/c1-4-7-10-13-16-19-22-25-28-31-34-37-40-43-51(59)58-46-50-54(62)55(63)56(64)57(68-50)66-48-49(67-53(61)45-42-39-36-33-30-27-24-21-18-15-12-9-6-3)47-65-52(60)44-41-38-35-32-29-26-23-20-17-14-11-8-5-2/h49-50,54-57,62-64H,4-48H2,1-3H3,(H,58,59)/t49-,50?,54?,55?,56?,57?/m1/s1. The summed E-state index contributed by atoms with van der Waals surface area (Å²) in [6.45, 7) is 6.20. The SMILES string of the molecule is CCCCCCCCCCCCCCCC(=O)NCC1OC(OC[C@@H](COC(=O)CCCCCCCCCCCCCCC)OC(=O)CCCCCCCCCCCCCCC)C(O)C(O)C1O. The molecule has 0 saturated carbocycles. The molecule has 0 aromatic heterocycles. The van der Waals surface area contributed by atoms with E-state index in [0.29, 0.717) is 12.8 Å². The first-order valence-electron chi connectivity index (χ1n) is 29.2. The maximum Gasteiger partial charge on any atom is 0.306 e. The highest BCUT2D eigenvalue weighted by Gasteiger charge is 2.44. The summed E-state index contributed by atoms with van der Waals surface area (Å²) in [6, 6.07) is 0. The Morgan fingerprint density at radius 3 is 1.15 bits per heavy atom. The van der Waals surface area contributed by atoms with Gasteiger partial charge in [-0.25, -0.2) is 0 Å². The van der Waals surface area contributed by atoms with Gasteiger partial charge in [0.1, 0.15) is 31.0 Å². The fraction of sp³-hybridized carbons (Fsp3) is 0.947. The lowest BCUT2D eigenvalue weighted by molar-refractivity contribution is -0.299. The maximum absolute atomic E-state index is 13.0. The van der Waals surface area contributed by atoms with Crippen molar-refractivity contribution >= 4 is 17.8 Å². The second kappa shape index (κ2) is 47.5. The van der Waals surface area contributed by atoms with Crippen LogP contribution in [0, 0.1) is 0 Å². The van der Waals surface area contributed by atoms with E-state index in [9.17, 15) is 29.7 Å². The molecule has 1 fully saturated rings. The molecule has 0 aromatic carbocycles. The molecule has 11 heteroatoms. The van der Waals surface area contributed by atoms with E-state index in [0.717, 1.165) is 57.8 Å². The van der Waals surface area contributed by atoms with E-state index in [4.69, 9.17) is 18.9 Å². The predicted octanol–water partition coefficient (Wildman–Crippen LogP) is 13.8. The van der Waals surface area contributed by atoms with Crippen LogP contribution in [-0.4, -0.2) is 89.7 Å². The first-order valence-corrected chi connectivity index (χ1v) is 29.2. The Morgan fingerprint density at radius 2 is 0.765 bits per heavy atom. The third-order valence-electron chi connectivity index (χ3n) is 13.8. The Kier molecular flexibility index (Phi) is 44.9. The summed E-state index contributed by atoms with van der Waals surface area (Å²) in [5.41, 5.74) is 0. The van der Waals surface area contributed by atoms with Crippen molar-refractivity contribution in [3.05, 3.63) is 0 Å². The number of rotatable bonds is 50.